The summed E-state index contributed by atoms with van der Waals surface area (Å²) in [5.74, 6) is 0.821. The molecule has 0 aromatic carbocycles. The number of nitrogens with zero attached hydrogens (tertiary/aromatic N) is 2. The zero-order valence-electron chi connectivity index (χ0n) is 7.86. The Morgan fingerprint density at radius 2 is 2.54 bits per heavy atom. The molecule has 3 nitrogen and oxygen atoms in total. The minimum atomic E-state index is 0.513. The van der Waals surface area contributed by atoms with Gasteiger partial charge in [0.05, 0.1) is 11.1 Å². The van der Waals surface area contributed by atoms with Gasteiger partial charge < -0.3 is 5.32 Å². The molecule has 13 heavy (non-hydrogen) atoms. The summed E-state index contributed by atoms with van der Waals surface area (Å²) in [6, 6.07) is 0.513. The van der Waals surface area contributed by atoms with Gasteiger partial charge in [0.2, 0.25) is 0 Å². The fourth-order valence-corrected chi connectivity index (χ4v) is 2.48. The summed E-state index contributed by atoms with van der Waals surface area (Å²) in [5, 5.41) is 7.41. The minimum absolute atomic E-state index is 0.513. The maximum atomic E-state index is 3.92. The molecule has 1 aliphatic carbocycles. The summed E-state index contributed by atoms with van der Waals surface area (Å²) in [7, 11) is 0. The van der Waals surface area contributed by atoms with Crippen molar-refractivity contribution in [2.75, 3.05) is 6.54 Å². The molecule has 1 fully saturated rings. The molecule has 1 aromatic heterocycles. The van der Waals surface area contributed by atoms with Crippen molar-refractivity contribution >= 4 is 11.5 Å². The molecule has 0 spiro atoms. The highest BCUT2D eigenvalue weighted by Gasteiger charge is 2.28. The Hall–Kier alpha value is -0.480. The van der Waals surface area contributed by atoms with Crippen molar-refractivity contribution in [3.05, 3.63) is 11.1 Å². The molecule has 1 N–H and O–H groups in total. The number of nitrogens with one attached hydrogen (secondary N) is 1. The largest absolute Gasteiger partial charge is 0.309 e. The molecule has 72 valence electrons. The van der Waals surface area contributed by atoms with E-state index in [0.29, 0.717) is 6.04 Å². The van der Waals surface area contributed by atoms with Crippen LogP contribution in [0.4, 0.5) is 0 Å². The van der Waals surface area contributed by atoms with Gasteiger partial charge in [0, 0.05) is 6.04 Å². The predicted octanol–water partition coefficient (Wildman–Crippen LogP) is 1.99. The summed E-state index contributed by atoms with van der Waals surface area (Å²) in [6.07, 6.45) is 6.00. The zero-order chi connectivity index (χ0) is 9.10. The SMILES string of the molecule is CCNC(c1cnns1)C1CCC1. The van der Waals surface area contributed by atoms with Crippen LogP contribution in [0.1, 0.15) is 37.1 Å². The van der Waals surface area contributed by atoms with Crippen LogP contribution in [-0.2, 0) is 0 Å². The zero-order valence-corrected chi connectivity index (χ0v) is 8.68. The molecule has 0 bridgehead atoms. The van der Waals surface area contributed by atoms with Gasteiger partial charge in [0.25, 0.3) is 0 Å². The van der Waals surface area contributed by atoms with Gasteiger partial charge in [-0.2, -0.15) is 0 Å². The second-order valence-corrected chi connectivity index (χ2v) is 4.36. The Labute approximate surface area is 82.7 Å². The lowest BCUT2D eigenvalue weighted by Gasteiger charge is -2.33. The van der Waals surface area contributed by atoms with E-state index in [9.17, 15) is 0 Å². The van der Waals surface area contributed by atoms with E-state index < -0.39 is 0 Å². The van der Waals surface area contributed by atoms with Crippen LogP contribution in [0.25, 0.3) is 0 Å². The first kappa shape index (κ1) is 9.09. The Morgan fingerprint density at radius 1 is 1.69 bits per heavy atom. The van der Waals surface area contributed by atoms with Gasteiger partial charge in [-0.25, -0.2) is 0 Å². The van der Waals surface area contributed by atoms with E-state index in [2.05, 4.69) is 21.8 Å². The first-order valence-corrected chi connectivity index (χ1v) is 5.69. The Balaban J connectivity index is 2.04. The van der Waals surface area contributed by atoms with Crippen LogP contribution in [-0.4, -0.2) is 16.1 Å². The lowest BCUT2D eigenvalue weighted by atomic mass is 9.79. The van der Waals surface area contributed by atoms with Crippen LogP contribution in [0.2, 0.25) is 0 Å². The summed E-state index contributed by atoms with van der Waals surface area (Å²) in [4.78, 5) is 1.30. The van der Waals surface area contributed by atoms with Gasteiger partial charge in [0.1, 0.15) is 0 Å². The van der Waals surface area contributed by atoms with Crippen molar-refractivity contribution in [1.82, 2.24) is 14.9 Å². The molecule has 0 radical (unpaired) electrons. The summed E-state index contributed by atoms with van der Waals surface area (Å²) in [5.41, 5.74) is 0. The summed E-state index contributed by atoms with van der Waals surface area (Å²) in [6.45, 7) is 3.18. The number of hydrogen-bond donors (Lipinski definition) is 1. The highest BCUT2D eigenvalue weighted by molar-refractivity contribution is 7.05. The smallest absolute Gasteiger partial charge is 0.0669 e. The molecule has 1 heterocycles. The number of aromatic nitrogens is 2. The molecule has 1 unspecified atom stereocenters. The van der Waals surface area contributed by atoms with Crippen molar-refractivity contribution in [3.8, 4) is 0 Å². The molecule has 0 amide bonds. The molecule has 0 saturated heterocycles. The van der Waals surface area contributed by atoms with Crippen molar-refractivity contribution < 1.29 is 0 Å². The van der Waals surface area contributed by atoms with Crippen molar-refractivity contribution in [2.24, 2.45) is 5.92 Å². The van der Waals surface area contributed by atoms with E-state index in [1.165, 1.54) is 35.7 Å². The van der Waals surface area contributed by atoms with E-state index in [0.717, 1.165) is 12.5 Å². The van der Waals surface area contributed by atoms with Gasteiger partial charge in [-0.15, -0.1) is 5.10 Å². The molecule has 1 atom stereocenters. The van der Waals surface area contributed by atoms with E-state index in [1.807, 2.05) is 6.20 Å². The molecule has 1 aliphatic rings. The molecule has 2 rings (SSSR count). The van der Waals surface area contributed by atoms with Crippen LogP contribution in [0.15, 0.2) is 6.20 Å². The van der Waals surface area contributed by atoms with Crippen molar-refractivity contribution in [3.63, 3.8) is 0 Å². The lowest BCUT2D eigenvalue weighted by Crippen LogP contribution is -2.31. The number of rotatable bonds is 4. The molecule has 4 heteroatoms. The molecule has 1 saturated carbocycles. The monoisotopic (exact) mass is 197 g/mol. The maximum Gasteiger partial charge on any atom is 0.0669 e. The predicted molar refractivity (Wildman–Crippen MR) is 53.7 cm³/mol. The van der Waals surface area contributed by atoms with Gasteiger partial charge in [-0.3, -0.25) is 0 Å². The third-order valence-electron chi connectivity index (χ3n) is 2.73. The second kappa shape index (κ2) is 4.15. The number of hydrogen-bond acceptors (Lipinski definition) is 4. The van der Waals surface area contributed by atoms with E-state index in [1.54, 1.807) is 0 Å². The Morgan fingerprint density at radius 3 is 3.00 bits per heavy atom. The average molecular weight is 197 g/mol. The first-order chi connectivity index (χ1) is 6.42. The molecule has 1 aromatic rings. The quantitative estimate of drug-likeness (QED) is 0.802. The van der Waals surface area contributed by atoms with Gasteiger partial charge in [-0.05, 0) is 36.8 Å². The van der Waals surface area contributed by atoms with Crippen LogP contribution in [0.5, 0.6) is 0 Å². The van der Waals surface area contributed by atoms with E-state index in [-0.39, 0.29) is 0 Å². The minimum Gasteiger partial charge on any atom is -0.309 e. The van der Waals surface area contributed by atoms with Crippen LogP contribution in [0.3, 0.4) is 0 Å². The fourth-order valence-electron chi connectivity index (χ4n) is 1.80. The van der Waals surface area contributed by atoms with Crippen molar-refractivity contribution in [2.45, 2.75) is 32.2 Å². The Kier molecular flexibility index (Phi) is 2.90. The van der Waals surface area contributed by atoms with Crippen LogP contribution >= 0.6 is 11.5 Å². The topological polar surface area (TPSA) is 37.8 Å². The normalized spacial score (nSPS) is 19.8. The molecule has 0 aliphatic heterocycles. The van der Waals surface area contributed by atoms with Crippen LogP contribution < -0.4 is 5.32 Å². The second-order valence-electron chi connectivity index (χ2n) is 3.55. The van der Waals surface area contributed by atoms with Crippen LogP contribution in [0, 0.1) is 5.92 Å². The summed E-state index contributed by atoms with van der Waals surface area (Å²) < 4.78 is 3.92. The third-order valence-corrected chi connectivity index (χ3v) is 3.48. The van der Waals surface area contributed by atoms with Gasteiger partial charge in [0.15, 0.2) is 0 Å². The first-order valence-electron chi connectivity index (χ1n) is 4.92. The maximum absolute atomic E-state index is 3.92. The van der Waals surface area contributed by atoms with E-state index in [4.69, 9.17) is 0 Å². The van der Waals surface area contributed by atoms with Gasteiger partial charge >= 0.3 is 0 Å². The Bertz CT molecular complexity index is 243. The molecular formula is C9H15N3S. The van der Waals surface area contributed by atoms with E-state index >= 15 is 0 Å². The summed E-state index contributed by atoms with van der Waals surface area (Å²) >= 11 is 1.52. The third kappa shape index (κ3) is 1.89. The lowest BCUT2D eigenvalue weighted by molar-refractivity contribution is 0.235. The highest BCUT2D eigenvalue weighted by atomic mass is 32.1. The van der Waals surface area contributed by atoms with Gasteiger partial charge in [-0.1, -0.05) is 17.8 Å². The average Bonchev–Trinajstić information content (AvgIpc) is 2.51. The molecular weight excluding hydrogens is 182 g/mol. The van der Waals surface area contributed by atoms with Crippen molar-refractivity contribution in [1.29, 1.82) is 0 Å². The fraction of sp³-hybridized carbons (Fsp3) is 0.778. The highest BCUT2D eigenvalue weighted by Crippen LogP contribution is 2.38. The standard InChI is InChI=1S/C9H15N3S/c1-2-10-9(7-4-3-5-7)8-6-11-12-13-8/h6-7,9-10H,2-5H2,1H3.